The molecule has 2 N–H and O–H groups in total. The fourth-order valence-electron chi connectivity index (χ4n) is 3.35. The van der Waals surface area contributed by atoms with Crippen LogP contribution >= 0.6 is 0 Å². The number of benzene rings is 1. The maximum absolute atomic E-state index is 13.1. The summed E-state index contributed by atoms with van der Waals surface area (Å²) in [5.41, 5.74) is 4.27. The van der Waals surface area contributed by atoms with Crippen molar-refractivity contribution in [2.45, 2.75) is 13.8 Å². The number of pyridine rings is 2. The molecular formula is C22H22N6O3S. The van der Waals surface area contributed by atoms with Crippen LogP contribution in [0.25, 0.3) is 22.2 Å². The Balaban J connectivity index is 1.78. The number of nitrogens with zero attached hydrogens (tertiary/aromatic N) is 4. The number of aryl methyl sites for hydroxylation is 2. The summed E-state index contributed by atoms with van der Waals surface area (Å²) in [4.78, 5) is 26.1. The molecule has 0 saturated carbocycles. The summed E-state index contributed by atoms with van der Waals surface area (Å²) in [5, 5.41) is 3.64. The smallest absolute Gasteiger partial charge is 0.277 e. The molecule has 3 heterocycles. The molecule has 10 heteroatoms. The van der Waals surface area contributed by atoms with Crippen molar-refractivity contribution in [3.8, 4) is 11.3 Å². The van der Waals surface area contributed by atoms with Crippen LogP contribution in [0.5, 0.6) is 0 Å². The van der Waals surface area contributed by atoms with Gasteiger partial charge in [-0.25, -0.2) is 18.4 Å². The average Bonchev–Trinajstić information content (AvgIpc) is 2.73. The maximum Gasteiger partial charge on any atom is 0.277 e. The van der Waals surface area contributed by atoms with Gasteiger partial charge in [0.05, 0.1) is 23.8 Å². The highest BCUT2D eigenvalue weighted by Crippen LogP contribution is 2.28. The van der Waals surface area contributed by atoms with Gasteiger partial charge in [0, 0.05) is 35.6 Å². The lowest BCUT2D eigenvalue weighted by molar-refractivity contribution is 0.607. The number of nitrogens with one attached hydrogen (secondary N) is 2. The van der Waals surface area contributed by atoms with E-state index in [9.17, 15) is 13.2 Å². The molecule has 3 aromatic heterocycles. The minimum Gasteiger partial charge on any atom is -0.323 e. The Kier molecular flexibility index (Phi) is 5.39. The van der Waals surface area contributed by atoms with E-state index in [1.54, 1.807) is 37.6 Å². The van der Waals surface area contributed by atoms with Gasteiger partial charge in [-0.2, -0.15) is 0 Å². The molecular weight excluding hydrogens is 428 g/mol. The van der Waals surface area contributed by atoms with Crippen molar-refractivity contribution in [2.24, 2.45) is 7.05 Å². The minimum atomic E-state index is -3.42. The zero-order valence-electron chi connectivity index (χ0n) is 18.0. The summed E-state index contributed by atoms with van der Waals surface area (Å²) >= 11 is 0. The van der Waals surface area contributed by atoms with Crippen LogP contribution in [-0.2, 0) is 17.1 Å². The van der Waals surface area contributed by atoms with E-state index in [1.807, 2.05) is 32.0 Å². The number of rotatable bonds is 5. The third-order valence-electron chi connectivity index (χ3n) is 4.96. The van der Waals surface area contributed by atoms with E-state index >= 15 is 0 Å². The van der Waals surface area contributed by atoms with Gasteiger partial charge < -0.3 is 9.88 Å². The Morgan fingerprint density at radius 2 is 1.72 bits per heavy atom. The predicted octanol–water partition coefficient (Wildman–Crippen LogP) is 3.12. The number of aromatic nitrogens is 4. The summed E-state index contributed by atoms with van der Waals surface area (Å²) in [6.45, 7) is 3.79. The zero-order valence-corrected chi connectivity index (χ0v) is 18.9. The Morgan fingerprint density at radius 1 is 0.969 bits per heavy atom. The van der Waals surface area contributed by atoms with Gasteiger partial charge in [0.2, 0.25) is 16.0 Å². The summed E-state index contributed by atoms with van der Waals surface area (Å²) in [6, 6.07) is 10.7. The lowest BCUT2D eigenvalue weighted by Crippen LogP contribution is -2.20. The van der Waals surface area contributed by atoms with Crippen LogP contribution in [0.2, 0.25) is 0 Å². The average molecular weight is 451 g/mol. The zero-order chi connectivity index (χ0) is 23.0. The van der Waals surface area contributed by atoms with Crippen LogP contribution in [0, 0.1) is 13.8 Å². The van der Waals surface area contributed by atoms with E-state index in [0.717, 1.165) is 23.1 Å². The van der Waals surface area contributed by atoms with Gasteiger partial charge in [-0.1, -0.05) is 6.07 Å². The van der Waals surface area contributed by atoms with Gasteiger partial charge in [0.1, 0.15) is 5.52 Å². The van der Waals surface area contributed by atoms with Crippen molar-refractivity contribution in [3.05, 3.63) is 70.4 Å². The van der Waals surface area contributed by atoms with E-state index in [-0.39, 0.29) is 11.1 Å². The molecule has 0 saturated heterocycles. The second kappa shape index (κ2) is 8.04. The molecule has 0 fully saturated rings. The molecule has 4 rings (SSSR count). The Hall–Kier alpha value is -3.79. The lowest BCUT2D eigenvalue weighted by atomic mass is 10.0. The topological polar surface area (TPSA) is 119 Å². The third kappa shape index (κ3) is 4.45. The monoisotopic (exact) mass is 450 g/mol. The number of hydrogen-bond donors (Lipinski definition) is 2. The molecule has 0 amide bonds. The van der Waals surface area contributed by atoms with Gasteiger partial charge in [0.25, 0.3) is 5.56 Å². The molecule has 0 spiro atoms. The first-order chi connectivity index (χ1) is 15.1. The second-order valence-electron chi connectivity index (χ2n) is 7.61. The van der Waals surface area contributed by atoms with Gasteiger partial charge in [-0.05, 0) is 49.7 Å². The highest BCUT2D eigenvalue weighted by Gasteiger charge is 2.14. The fourth-order valence-corrected chi connectivity index (χ4v) is 3.90. The molecule has 4 aromatic rings. The Bertz CT molecular complexity index is 1500. The lowest BCUT2D eigenvalue weighted by Gasteiger charge is -2.14. The van der Waals surface area contributed by atoms with Crippen molar-refractivity contribution in [3.63, 3.8) is 0 Å². The Labute approximate surface area is 185 Å². The number of anilines is 3. The SMILES string of the molecule is Cc1ccc(Nc2ncc3cc(-c4cc(NS(C)(=O)=O)ccc4C)n(C)c(=O)c3n2)cn1. The maximum atomic E-state index is 13.1. The molecule has 0 aliphatic heterocycles. The standard InChI is InChI=1S/C22H22N6O3S/c1-13-5-7-16(27-32(4,30)31)10-18(13)19-9-15-11-24-22(26-20(15)21(29)28(19)3)25-17-8-6-14(2)23-12-17/h5-12,27H,1-4H3,(H,24,25,26). The van der Waals surface area contributed by atoms with Gasteiger partial charge in [-0.15, -0.1) is 0 Å². The van der Waals surface area contributed by atoms with Crippen LogP contribution in [0.15, 0.2) is 53.6 Å². The molecule has 0 radical (unpaired) electrons. The molecule has 1 aromatic carbocycles. The van der Waals surface area contributed by atoms with E-state index < -0.39 is 10.0 Å². The number of sulfonamides is 1. The van der Waals surface area contributed by atoms with Crippen molar-refractivity contribution in [2.75, 3.05) is 16.3 Å². The molecule has 0 aliphatic rings. The summed E-state index contributed by atoms with van der Waals surface area (Å²) < 4.78 is 27.2. The van der Waals surface area contributed by atoms with Gasteiger partial charge >= 0.3 is 0 Å². The highest BCUT2D eigenvalue weighted by molar-refractivity contribution is 7.92. The van der Waals surface area contributed by atoms with Crippen molar-refractivity contribution < 1.29 is 8.42 Å². The quantitative estimate of drug-likeness (QED) is 0.479. The fraction of sp³-hybridized carbons (Fsp3) is 0.182. The summed E-state index contributed by atoms with van der Waals surface area (Å²) in [5.74, 6) is 0.295. The van der Waals surface area contributed by atoms with Gasteiger partial charge in [0.15, 0.2) is 0 Å². The van der Waals surface area contributed by atoms with Crippen molar-refractivity contribution in [1.29, 1.82) is 0 Å². The molecule has 9 nitrogen and oxygen atoms in total. The van der Waals surface area contributed by atoms with Crippen LogP contribution in [-0.4, -0.2) is 34.2 Å². The van der Waals surface area contributed by atoms with Crippen LogP contribution in [0.4, 0.5) is 17.3 Å². The first-order valence-corrected chi connectivity index (χ1v) is 11.6. The van der Waals surface area contributed by atoms with Crippen LogP contribution in [0.1, 0.15) is 11.3 Å². The van der Waals surface area contributed by atoms with Crippen LogP contribution < -0.4 is 15.6 Å². The summed E-state index contributed by atoms with van der Waals surface area (Å²) in [7, 11) is -1.77. The Morgan fingerprint density at radius 3 is 2.41 bits per heavy atom. The van der Waals surface area contributed by atoms with E-state index in [1.165, 1.54) is 4.57 Å². The molecule has 32 heavy (non-hydrogen) atoms. The van der Waals surface area contributed by atoms with E-state index in [0.29, 0.717) is 28.4 Å². The van der Waals surface area contributed by atoms with Crippen molar-refractivity contribution >= 4 is 38.2 Å². The molecule has 0 aliphatic carbocycles. The van der Waals surface area contributed by atoms with Crippen molar-refractivity contribution in [1.82, 2.24) is 19.5 Å². The molecule has 164 valence electrons. The van der Waals surface area contributed by atoms with Gasteiger partial charge in [-0.3, -0.25) is 14.5 Å². The first-order valence-electron chi connectivity index (χ1n) is 9.76. The van der Waals surface area contributed by atoms with E-state index in [4.69, 9.17) is 0 Å². The largest absolute Gasteiger partial charge is 0.323 e. The predicted molar refractivity (Wildman–Crippen MR) is 126 cm³/mol. The summed E-state index contributed by atoms with van der Waals surface area (Å²) in [6.07, 6.45) is 4.35. The number of hydrogen-bond acceptors (Lipinski definition) is 7. The third-order valence-corrected chi connectivity index (χ3v) is 5.57. The normalized spacial score (nSPS) is 11.5. The second-order valence-corrected chi connectivity index (χ2v) is 9.36. The molecule has 0 atom stereocenters. The molecule has 0 bridgehead atoms. The highest BCUT2D eigenvalue weighted by atomic mass is 32.2. The number of fused-ring (bicyclic) bond motifs is 1. The van der Waals surface area contributed by atoms with E-state index in [2.05, 4.69) is 25.0 Å². The van der Waals surface area contributed by atoms with Crippen LogP contribution in [0.3, 0.4) is 0 Å². The minimum absolute atomic E-state index is 0.275. The first kappa shape index (κ1) is 21.4. The molecule has 0 unspecified atom stereocenters.